The number of fused-ring (bicyclic) bond motifs is 1. The standard InChI is InChI=1S/C18H17ClN2O4/c1-3-24-17(22)10-25-15-7-4-11(8-16(15)23-2)18-20-13-6-5-12(19)9-14(13)21-18/h4-9H,3,10H2,1-2H3,(H,20,21). The number of carbonyl (C=O) groups is 1. The highest BCUT2D eigenvalue weighted by molar-refractivity contribution is 6.31. The van der Waals surface area contributed by atoms with Crippen LogP contribution in [0.5, 0.6) is 11.5 Å². The average molecular weight is 361 g/mol. The molecule has 0 amide bonds. The molecule has 0 aliphatic heterocycles. The number of rotatable bonds is 6. The number of aromatic nitrogens is 2. The number of benzene rings is 2. The smallest absolute Gasteiger partial charge is 0.344 e. The third kappa shape index (κ3) is 3.85. The highest BCUT2D eigenvalue weighted by atomic mass is 35.5. The highest BCUT2D eigenvalue weighted by Gasteiger charge is 2.12. The van der Waals surface area contributed by atoms with E-state index in [1.165, 1.54) is 7.11 Å². The van der Waals surface area contributed by atoms with Gasteiger partial charge in [-0.1, -0.05) is 11.6 Å². The molecular weight excluding hydrogens is 344 g/mol. The molecule has 1 heterocycles. The lowest BCUT2D eigenvalue weighted by atomic mass is 10.2. The van der Waals surface area contributed by atoms with E-state index in [1.807, 2.05) is 18.2 Å². The molecule has 0 fully saturated rings. The largest absolute Gasteiger partial charge is 0.493 e. The summed E-state index contributed by atoms with van der Waals surface area (Å²) < 4.78 is 15.7. The van der Waals surface area contributed by atoms with Gasteiger partial charge in [-0.25, -0.2) is 9.78 Å². The van der Waals surface area contributed by atoms with Crippen LogP contribution in [-0.4, -0.2) is 36.3 Å². The number of carbonyl (C=O) groups excluding carboxylic acids is 1. The van der Waals surface area contributed by atoms with Crippen LogP contribution in [-0.2, 0) is 9.53 Å². The summed E-state index contributed by atoms with van der Waals surface area (Å²) >= 11 is 6.00. The van der Waals surface area contributed by atoms with Gasteiger partial charge in [-0.05, 0) is 43.3 Å². The van der Waals surface area contributed by atoms with Crippen LogP contribution >= 0.6 is 11.6 Å². The van der Waals surface area contributed by atoms with Crippen LogP contribution in [0.1, 0.15) is 6.92 Å². The first-order valence-electron chi connectivity index (χ1n) is 7.73. The molecule has 0 saturated carbocycles. The van der Waals surface area contributed by atoms with E-state index in [1.54, 1.807) is 25.1 Å². The van der Waals surface area contributed by atoms with Crippen LogP contribution in [0.2, 0.25) is 5.02 Å². The number of esters is 1. The van der Waals surface area contributed by atoms with Crippen molar-refractivity contribution in [1.29, 1.82) is 0 Å². The molecule has 0 atom stereocenters. The van der Waals surface area contributed by atoms with Crippen LogP contribution in [0.4, 0.5) is 0 Å². The van der Waals surface area contributed by atoms with Crippen molar-refractivity contribution in [2.75, 3.05) is 20.3 Å². The lowest BCUT2D eigenvalue weighted by Crippen LogP contribution is -2.14. The highest BCUT2D eigenvalue weighted by Crippen LogP contribution is 2.32. The number of ether oxygens (including phenoxy) is 3. The van der Waals surface area contributed by atoms with Crippen molar-refractivity contribution >= 4 is 28.6 Å². The van der Waals surface area contributed by atoms with Crippen LogP contribution in [0.3, 0.4) is 0 Å². The van der Waals surface area contributed by atoms with E-state index in [2.05, 4.69) is 9.97 Å². The molecule has 0 unspecified atom stereocenters. The lowest BCUT2D eigenvalue weighted by molar-refractivity contribution is -0.145. The number of aromatic amines is 1. The van der Waals surface area contributed by atoms with E-state index in [0.717, 1.165) is 16.6 Å². The van der Waals surface area contributed by atoms with Crippen molar-refractivity contribution in [3.63, 3.8) is 0 Å². The Bertz CT molecular complexity index is 907. The molecule has 130 valence electrons. The van der Waals surface area contributed by atoms with Crippen molar-refractivity contribution in [3.8, 4) is 22.9 Å². The summed E-state index contributed by atoms with van der Waals surface area (Å²) in [6.45, 7) is 1.88. The van der Waals surface area contributed by atoms with E-state index < -0.39 is 5.97 Å². The summed E-state index contributed by atoms with van der Waals surface area (Å²) in [6.07, 6.45) is 0. The maximum Gasteiger partial charge on any atom is 0.344 e. The molecule has 1 aromatic heterocycles. The van der Waals surface area contributed by atoms with Crippen molar-refractivity contribution in [1.82, 2.24) is 9.97 Å². The molecule has 6 nitrogen and oxygen atoms in total. The monoisotopic (exact) mass is 360 g/mol. The number of nitrogens with zero attached hydrogens (tertiary/aromatic N) is 1. The number of nitrogens with one attached hydrogen (secondary N) is 1. The number of imidazole rings is 1. The average Bonchev–Trinajstić information content (AvgIpc) is 3.03. The molecule has 25 heavy (non-hydrogen) atoms. The fourth-order valence-corrected chi connectivity index (χ4v) is 2.56. The molecule has 1 N–H and O–H groups in total. The minimum absolute atomic E-state index is 0.174. The minimum Gasteiger partial charge on any atom is -0.493 e. The van der Waals surface area contributed by atoms with Gasteiger partial charge in [0.2, 0.25) is 0 Å². The topological polar surface area (TPSA) is 73.4 Å². The third-order valence-electron chi connectivity index (χ3n) is 3.53. The van der Waals surface area contributed by atoms with Gasteiger partial charge in [0.1, 0.15) is 5.82 Å². The maximum absolute atomic E-state index is 11.4. The Labute approximate surface area is 149 Å². The van der Waals surface area contributed by atoms with E-state index in [4.69, 9.17) is 25.8 Å². The predicted octanol–water partition coefficient (Wildman–Crippen LogP) is 3.83. The third-order valence-corrected chi connectivity index (χ3v) is 3.77. The Morgan fingerprint density at radius 2 is 2.04 bits per heavy atom. The second-order valence-electron chi connectivity index (χ2n) is 5.21. The van der Waals surface area contributed by atoms with Gasteiger partial charge in [0.15, 0.2) is 18.1 Å². The summed E-state index contributed by atoms with van der Waals surface area (Å²) in [5, 5.41) is 0.642. The molecule has 3 aromatic rings. The van der Waals surface area contributed by atoms with E-state index in [9.17, 15) is 4.79 Å². The van der Waals surface area contributed by atoms with Gasteiger partial charge in [-0.3, -0.25) is 0 Å². The summed E-state index contributed by atoms with van der Waals surface area (Å²) in [5.74, 6) is 1.22. The first kappa shape index (κ1) is 17.1. The Morgan fingerprint density at radius 1 is 1.20 bits per heavy atom. The number of halogens is 1. The van der Waals surface area contributed by atoms with Gasteiger partial charge >= 0.3 is 5.97 Å². The Balaban J connectivity index is 1.85. The normalized spacial score (nSPS) is 10.7. The van der Waals surface area contributed by atoms with Gasteiger partial charge in [0.05, 0.1) is 24.8 Å². The molecule has 0 radical (unpaired) electrons. The van der Waals surface area contributed by atoms with Gasteiger partial charge in [0, 0.05) is 10.6 Å². The second kappa shape index (κ2) is 7.44. The maximum atomic E-state index is 11.4. The molecule has 0 spiro atoms. The Hall–Kier alpha value is -2.73. The fraction of sp³-hybridized carbons (Fsp3) is 0.222. The minimum atomic E-state index is -0.428. The summed E-state index contributed by atoms with van der Waals surface area (Å²) in [4.78, 5) is 19.2. The van der Waals surface area contributed by atoms with Crippen molar-refractivity contribution in [2.24, 2.45) is 0 Å². The van der Waals surface area contributed by atoms with Crippen LogP contribution < -0.4 is 9.47 Å². The zero-order valence-corrected chi connectivity index (χ0v) is 14.6. The molecule has 0 saturated heterocycles. The van der Waals surface area contributed by atoms with Crippen LogP contribution in [0, 0.1) is 0 Å². The quantitative estimate of drug-likeness (QED) is 0.676. The molecule has 0 aliphatic carbocycles. The molecular formula is C18H17ClN2O4. The zero-order chi connectivity index (χ0) is 17.8. The Morgan fingerprint density at radius 3 is 2.80 bits per heavy atom. The SMILES string of the molecule is CCOC(=O)COc1ccc(-c2nc3ccc(Cl)cc3[nH]2)cc1OC. The molecule has 7 heteroatoms. The van der Waals surface area contributed by atoms with Crippen molar-refractivity contribution in [2.45, 2.75) is 6.92 Å². The van der Waals surface area contributed by atoms with Crippen LogP contribution in [0.25, 0.3) is 22.4 Å². The van der Waals surface area contributed by atoms with Gasteiger partial charge in [0.25, 0.3) is 0 Å². The summed E-state index contributed by atoms with van der Waals surface area (Å²) in [7, 11) is 1.54. The fourth-order valence-electron chi connectivity index (χ4n) is 2.39. The number of hydrogen-bond acceptors (Lipinski definition) is 5. The number of methoxy groups -OCH3 is 1. The Kier molecular flexibility index (Phi) is 5.09. The molecule has 0 aliphatic rings. The van der Waals surface area contributed by atoms with Crippen molar-refractivity contribution < 1.29 is 19.0 Å². The second-order valence-corrected chi connectivity index (χ2v) is 5.64. The summed E-state index contributed by atoms with van der Waals surface area (Å²) in [6, 6.07) is 10.8. The van der Waals surface area contributed by atoms with E-state index >= 15 is 0 Å². The van der Waals surface area contributed by atoms with Crippen molar-refractivity contribution in [3.05, 3.63) is 41.4 Å². The van der Waals surface area contributed by atoms with Gasteiger partial charge < -0.3 is 19.2 Å². The predicted molar refractivity (Wildman–Crippen MR) is 95.2 cm³/mol. The van der Waals surface area contributed by atoms with Crippen LogP contribution in [0.15, 0.2) is 36.4 Å². The lowest BCUT2D eigenvalue weighted by Gasteiger charge is -2.11. The van der Waals surface area contributed by atoms with Gasteiger partial charge in [-0.2, -0.15) is 0 Å². The molecule has 2 aromatic carbocycles. The van der Waals surface area contributed by atoms with E-state index in [-0.39, 0.29) is 6.61 Å². The van der Waals surface area contributed by atoms with E-state index in [0.29, 0.717) is 29.0 Å². The number of H-pyrrole nitrogens is 1. The number of hydrogen-bond donors (Lipinski definition) is 1. The first-order chi connectivity index (χ1) is 12.1. The first-order valence-corrected chi connectivity index (χ1v) is 8.10. The van der Waals surface area contributed by atoms with Gasteiger partial charge in [-0.15, -0.1) is 0 Å². The summed E-state index contributed by atoms with van der Waals surface area (Å²) in [5.41, 5.74) is 2.50. The molecule has 3 rings (SSSR count). The molecule has 0 bridgehead atoms. The zero-order valence-electron chi connectivity index (χ0n) is 13.8.